The molecule has 0 saturated heterocycles. The lowest BCUT2D eigenvalue weighted by molar-refractivity contribution is 1.23. The van der Waals surface area contributed by atoms with Crippen LogP contribution in [0.1, 0.15) is 0 Å². The number of hydrogen-bond donors (Lipinski definition) is 0. The summed E-state index contributed by atoms with van der Waals surface area (Å²) in [4.78, 5) is 20.0. The van der Waals surface area contributed by atoms with Crippen molar-refractivity contribution in [2.24, 2.45) is 0 Å². The number of nitrogens with zero attached hydrogens (tertiary/aromatic N) is 4. The van der Waals surface area contributed by atoms with E-state index in [9.17, 15) is 0 Å². The standard InChI is InChI=1S/C46H28N4/c1-2-11-30-26-44-42(24-29(30)10-1)45(41-25-31-12-3-5-15-38(31)39-16-6-7-17-40(39)41)50-46(49-44)36-22-34(33-14-9-19-47-27-33)21-35(23-36)37-20-32-13-4-8-18-43(32)48-28-37/h1-28H. The molecule has 4 nitrogen and oxygen atoms in total. The van der Waals surface area contributed by atoms with Crippen molar-refractivity contribution in [3.05, 3.63) is 170 Å². The summed E-state index contributed by atoms with van der Waals surface area (Å²) in [6.45, 7) is 0. The van der Waals surface area contributed by atoms with Gasteiger partial charge in [0.05, 0.1) is 16.7 Å². The van der Waals surface area contributed by atoms with Gasteiger partial charge >= 0.3 is 0 Å². The zero-order valence-electron chi connectivity index (χ0n) is 27.0. The van der Waals surface area contributed by atoms with Crippen molar-refractivity contribution in [2.75, 3.05) is 0 Å². The quantitative estimate of drug-likeness (QED) is 0.142. The Balaban J connectivity index is 1.28. The Morgan fingerprint density at radius 3 is 1.86 bits per heavy atom. The average molecular weight is 637 g/mol. The molecule has 0 radical (unpaired) electrons. The molecule has 0 bridgehead atoms. The highest BCUT2D eigenvalue weighted by molar-refractivity contribution is 6.16. The minimum absolute atomic E-state index is 0.667. The van der Waals surface area contributed by atoms with Crippen LogP contribution in [0, 0.1) is 0 Å². The Labute approximate surface area is 288 Å². The molecule has 7 aromatic carbocycles. The molecule has 0 spiro atoms. The van der Waals surface area contributed by atoms with Gasteiger partial charge < -0.3 is 0 Å². The number of rotatable bonds is 4. The predicted molar refractivity (Wildman–Crippen MR) is 207 cm³/mol. The Morgan fingerprint density at radius 2 is 1.04 bits per heavy atom. The van der Waals surface area contributed by atoms with Crippen LogP contribution in [0.15, 0.2) is 170 Å². The van der Waals surface area contributed by atoms with Crippen LogP contribution in [0.25, 0.3) is 99.0 Å². The molecular weight excluding hydrogens is 609 g/mol. The summed E-state index contributed by atoms with van der Waals surface area (Å²) in [7, 11) is 0. The van der Waals surface area contributed by atoms with Crippen molar-refractivity contribution < 1.29 is 0 Å². The molecule has 4 heteroatoms. The molecule has 232 valence electrons. The molecule has 0 amide bonds. The number of benzene rings is 7. The Hall–Kier alpha value is -6.78. The van der Waals surface area contributed by atoms with E-state index < -0.39 is 0 Å². The first-order valence-corrected chi connectivity index (χ1v) is 16.8. The molecule has 50 heavy (non-hydrogen) atoms. The number of pyridine rings is 2. The van der Waals surface area contributed by atoms with E-state index in [1.165, 1.54) is 16.2 Å². The van der Waals surface area contributed by atoms with Gasteiger partial charge in [-0.25, -0.2) is 9.97 Å². The summed E-state index contributed by atoms with van der Waals surface area (Å²) < 4.78 is 0. The summed E-state index contributed by atoms with van der Waals surface area (Å²) in [5.41, 5.74) is 8.94. The van der Waals surface area contributed by atoms with Crippen LogP contribution in [0.5, 0.6) is 0 Å². The number of fused-ring (bicyclic) bond motifs is 6. The topological polar surface area (TPSA) is 51.6 Å². The van der Waals surface area contributed by atoms with E-state index in [2.05, 4.69) is 138 Å². The fraction of sp³-hybridized carbons (Fsp3) is 0. The maximum Gasteiger partial charge on any atom is 0.160 e. The monoisotopic (exact) mass is 636 g/mol. The highest BCUT2D eigenvalue weighted by atomic mass is 14.9. The normalized spacial score (nSPS) is 11.6. The lowest BCUT2D eigenvalue weighted by Crippen LogP contribution is -1.97. The third-order valence-corrected chi connectivity index (χ3v) is 9.70. The largest absolute Gasteiger partial charge is 0.264 e. The van der Waals surface area contributed by atoms with Crippen molar-refractivity contribution >= 4 is 54.1 Å². The molecule has 10 rings (SSSR count). The molecule has 0 N–H and O–H groups in total. The third-order valence-electron chi connectivity index (χ3n) is 9.70. The van der Waals surface area contributed by atoms with Gasteiger partial charge in [-0.1, -0.05) is 97.1 Å². The second kappa shape index (κ2) is 11.4. The van der Waals surface area contributed by atoms with Crippen LogP contribution in [0.4, 0.5) is 0 Å². The molecular formula is C46H28N4. The maximum absolute atomic E-state index is 5.48. The summed E-state index contributed by atoms with van der Waals surface area (Å²) in [6, 6.07) is 53.5. The van der Waals surface area contributed by atoms with Crippen LogP contribution < -0.4 is 0 Å². The minimum atomic E-state index is 0.667. The Bertz CT molecular complexity index is 2930. The second-order valence-electron chi connectivity index (χ2n) is 12.8. The van der Waals surface area contributed by atoms with Crippen molar-refractivity contribution in [1.29, 1.82) is 0 Å². The lowest BCUT2D eigenvalue weighted by atomic mass is 9.93. The minimum Gasteiger partial charge on any atom is -0.264 e. The predicted octanol–water partition coefficient (Wildman–Crippen LogP) is 11.7. The molecule has 3 aromatic heterocycles. The van der Waals surface area contributed by atoms with Crippen LogP contribution in [-0.2, 0) is 0 Å². The highest BCUT2D eigenvalue weighted by Gasteiger charge is 2.18. The van der Waals surface area contributed by atoms with E-state index >= 15 is 0 Å². The Kier molecular flexibility index (Phi) is 6.46. The van der Waals surface area contributed by atoms with E-state index in [1.807, 2.05) is 30.6 Å². The van der Waals surface area contributed by atoms with E-state index in [4.69, 9.17) is 15.0 Å². The molecule has 0 aliphatic carbocycles. The zero-order chi connectivity index (χ0) is 33.0. The first-order chi connectivity index (χ1) is 24.7. The van der Waals surface area contributed by atoms with E-state index in [1.54, 1.807) is 6.20 Å². The number of aromatic nitrogens is 4. The van der Waals surface area contributed by atoms with E-state index in [0.29, 0.717) is 5.82 Å². The molecule has 0 fully saturated rings. The van der Waals surface area contributed by atoms with Gasteiger partial charge in [-0.15, -0.1) is 0 Å². The smallest absolute Gasteiger partial charge is 0.160 e. The summed E-state index contributed by atoms with van der Waals surface area (Å²) in [5.74, 6) is 0.667. The van der Waals surface area contributed by atoms with Gasteiger partial charge in [-0.2, -0.15) is 0 Å². The van der Waals surface area contributed by atoms with Gasteiger partial charge in [0.2, 0.25) is 0 Å². The fourth-order valence-electron chi connectivity index (χ4n) is 7.25. The SMILES string of the molecule is c1cncc(-c2cc(-c3cnc4ccccc4c3)cc(-c3nc(-c4cc5ccccc5c5ccccc45)c4cc5ccccc5cc4n3)c2)c1. The molecule has 0 aliphatic rings. The van der Waals surface area contributed by atoms with Crippen LogP contribution in [0.3, 0.4) is 0 Å². The van der Waals surface area contributed by atoms with Gasteiger partial charge in [-0.05, 0) is 98.0 Å². The third kappa shape index (κ3) is 4.77. The first-order valence-electron chi connectivity index (χ1n) is 16.8. The number of para-hydroxylation sites is 1. The molecule has 0 saturated carbocycles. The first kappa shape index (κ1) is 28.3. The summed E-state index contributed by atoms with van der Waals surface area (Å²) in [5, 5.41) is 9.21. The van der Waals surface area contributed by atoms with Gasteiger partial charge in [0, 0.05) is 51.6 Å². The molecule has 0 unspecified atom stereocenters. The highest BCUT2D eigenvalue weighted by Crippen LogP contribution is 2.40. The summed E-state index contributed by atoms with van der Waals surface area (Å²) in [6.07, 6.45) is 5.66. The van der Waals surface area contributed by atoms with Crippen molar-refractivity contribution in [1.82, 2.24) is 19.9 Å². The van der Waals surface area contributed by atoms with Crippen LogP contribution >= 0.6 is 0 Å². The zero-order valence-corrected chi connectivity index (χ0v) is 27.0. The molecule has 10 aromatic rings. The van der Waals surface area contributed by atoms with Crippen molar-refractivity contribution in [3.63, 3.8) is 0 Å². The van der Waals surface area contributed by atoms with Gasteiger partial charge in [-0.3, -0.25) is 9.97 Å². The van der Waals surface area contributed by atoms with Crippen LogP contribution in [-0.4, -0.2) is 19.9 Å². The van der Waals surface area contributed by atoms with Gasteiger partial charge in [0.1, 0.15) is 0 Å². The maximum atomic E-state index is 5.48. The van der Waals surface area contributed by atoms with E-state index in [-0.39, 0.29) is 0 Å². The average Bonchev–Trinajstić information content (AvgIpc) is 3.19. The van der Waals surface area contributed by atoms with E-state index in [0.717, 1.165) is 77.0 Å². The Morgan fingerprint density at radius 1 is 0.360 bits per heavy atom. The fourth-order valence-corrected chi connectivity index (χ4v) is 7.25. The molecule has 0 atom stereocenters. The van der Waals surface area contributed by atoms with Gasteiger partial charge in [0.25, 0.3) is 0 Å². The van der Waals surface area contributed by atoms with Gasteiger partial charge in [0.15, 0.2) is 5.82 Å². The second-order valence-corrected chi connectivity index (χ2v) is 12.8. The van der Waals surface area contributed by atoms with Crippen molar-refractivity contribution in [3.8, 4) is 44.9 Å². The molecule has 3 heterocycles. The number of hydrogen-bond acceptors (Lipinski definition) is 4. The van der Waals surface area contributed by atoms with Crippen LogP contribution in [0.2, 0.25) is 0 Å². The lowest BCUT2D eigenvalue weighted by Gasteiger charge is -2.15. The molecule has 0 aliphatic heterocycles. The van der Waals surface area contributed by atoms with Crippen molar-refractivity contribution in [2.45, 2.75) is 0 Å². The summed E-state index contributed by atoms with van der Waals surface area (Å²) >= 11 is 0.